The van der Waals surface area contributed by atoms with Crippen molar-refractivity contribution in [3.63, 3.8) is 0 Å². The van der Waals surface area contributed by atoms with Gasteiger partial charge in [0.2, 0.25) is 0 Å². The van der Waals surface area contributed by atoms with Crippen molar-refractivity contribution >= 4 is 23.5 Å². The van der Waals surface area contributed by atoms with Crippen molar-refractivity contribution in [2.24, 2.45) is 5.92 Å². The number of Topliss-reactive ketones (excluding diaryl/α,β-unsaturated/α-hetero) is 1. The Morgan fingerprint density at radius 2 is 1.83 bits per heavy atom. The zero-order valence-corrected chi connectivity index (χ0v) is 17.6. The van der Waals surface area contributed by atoms with E-state index in [4.69, 9.17) is 9.47 Å². The van der Waals surface area contributed by atoms with Gasteiger partial charge in [-0.3, -0.25) is 9.59 Å². The number of carbonyl (C=O) groups excluding carboxylic acids is 2. The first-order valence-electron chi connectivity index (χ1n) is 10.5. The van der Waals surface area contributed by atoms with Crippen LogP contribution in [-0.2, 0) is 25.7 Å². The van der Waals surface area contributed by atoms with E-state index in [2.05, 4.69) is 5.32 Å². The van der Waals surface area contributed by atoms with Crippen LogP contribution in [0, 0.1) is 5.92 Å². The number of rotatable bonds is 8. The average Bonchev–Trinajstić information content (AvgIpc) is 2.78. The van der Waals surface area contributed by atoms with Crippen LogP contribution in [0.2, 0.25) is 0 Å². The van der Waals surface area contributed by atoms with Crippen molar-refractivity contribution in [3.05, 3.63) is 71.3 Å². The van der Waals surface area contributed by atoms with Crippen LogP contribution in [-0.4, -0.2) is 24.6 Å². The van der Waals surface area contributed by atoms with Gasteiger partial charge in [0, 0.05) is 18.2 Å². The van der Waals surface area contributed by atoms with E-state index >= 15 is 0 Å². The molecule has 1 saturated heterocycles. The van der Waals surface area contributed by atoms with E-state index < -0.39 is 5.91 Å². The molecule has 1 aliphatic heterocycles. The standard InChI is InChI=1S/C25H29NO4/c1-18(2)24(27)22(16-19-8-4-3-5-9-19)25(28)26-21-13-11-20(12-14-21)17-30-23-10-6-7-15-29-23/h3-5,8-9,11-14,16,18,23H,6-7,10,15,17H2,1-2H3,(H,26,28). The zero-order valence-electron chi connectivity index (χ0n) is 17.6. The van der Waals surface area contributed by atoms with Crippen molar-refractivity contribution in [2.75, 3.05) is 11.9 Å². The third-order valence-corrected chi connectivity index (χ3v) is 4.93. The Morgan fingerprint density at radius 1 is 1.10 bits per heavy atom. The lowest BCUT2D eigenvalue weighted by Crippen LogP contribution is -2.23. The molecule has 1 heterocycles. The van der Waals surface area contributed by atoms with Gasteiger partial charge in [-0.1, -0.05) is 56.3 Å². The van der Waals surface area contributed by atoms with E-state index in [0.717, 1.165) is 37.0 Å². The molecule has 0 saturated carbocycles. The van der Waals surface area contributed by atoms with Crippen molar-refractivity contribution in [1.29, 1.82) is 0 Å². The largest absolute Gasteiger partial charge is 0.353 e. The van der Waals surface area contributed by atoms with Crippen LogP contribution in [0.4, 0.5) is 5.69 Å². The molecule has 0 aliphatic carbocycles. The van der Waals surface area contributed by atoms with Gasteiger partial charge in [-0.25, -0.2) is 0 Å². The molecule has 2 aromatic rings. The molecule has 1 atom stereocenters. The van der Waals surface area contributed by atoms with E-state index in [1.165, 1.54) is 0 Å². The second-order valence-electron chi connectivity index (χ2n) is 7.75. The van der Waals surface area contributed by atoms with Gasteiger partial charge in [-0.2, -0.15) is 0 Å². The van der Waals surface area contributed by atoms with E-state index in [1.807, 2.05) is 54.6 Å². The fourth-order valence-corrected chi connectivity index (χ4v) is 3.19. The number of nitrogens with one attached hydrogen (secondary N) is 1. The Kier molecular flexibility index (Phi) is 7.94. The predicted octanol–water partition coefficient (Wildman–Crippen LogP) is 4.98. The number of ether oxygens (including phenoxy) is 2. The monoisotopic (exact) mass is 407 g/mol. The van der Waals surface area contributed by atoms with Gasteiger partial charge >= 0.3 is 0 Å². The third-order valence-electron chi connectivity index (χ3n) is 4.93. The van der Waals surface area contributed by atoms with Crippen LogP contribution >= 0.6 is 0 Å². The Morgan fingerprint density at radius 3 is 2.47 bits per heavy atom. The summed E-state index contributed by atoms with van der Waals surface area (Å²) in [5, 5.41) is 2.84. The summed E-state index contributed by atoms with van der Waals surface area (Å²) in [7, 11) is 0. The van der Waals surface area contributed by atoms with Crippen LogP contribution in [0.15, 0.2) is 60.2 Å². The molecular weight excluding hydrogens is 378 g/mol. The normalized spacial score (nSPS) is 17.0. The van der Waals surface area contributed by atoms with Crippen molar-refractivity contribution < 1.29 is 19.1 Å². The molecule has 0 radical (unpaired) electrons. The van der Waals surface area contributed by atoms with Crippen LogP contribution < -0.4 is 5.32 Å². The fraction of sp³-hybridized carbons (Fsp3) is 0.360. The summed E-state index contributed by atoms with van der Waals surface area (Å²) in [5.41, 5.74) is 2.60. The molecule has 5 heteroatoms. The quantitative estimate of drug-likeness (QED) is 0.381. The molecule has 5 nitrogen and oxygen atoms in total. The Hall–Kier alpha value is -2.76. The second kappa shape index (κ2) is 10.9. The molecule has 1 N–H and O–H groups in total. The second-order valence-corrected chi connectivity index (χ2v) is 7.75. The lowest BCUT2D eigenvalue weighted by molar-refractivity contribution is -0.168. The topological polar surface area (TPSA) is 64.6 Å². The molecule has 2 aromatic carbocycles. The zero-order chi connectivity index (χ0) is 21.3. The Bertz CT molecular complexity index is 866. The number of benzene rings is 2. The first-order valence-corrected chi connectivity index (χ1v) is 10.5. The van der Waals surface area contributed by atoms with Crippen molar-refractivity contribution in [3.8, 4) is 0 Å². The highest BCUT2D eigenvalue weighted by atomic mass is 16.7. The first kappa shape index (κ1) is 21.9. The summed E-state index contributed by atoms with van der Waals surface area (Å²) in [6.07, 6.45) is 4.65. The summed E-state index contributed by atoms with van der Waals surface area (Å²) in [6, 6.07) is 16.8. The summed E-state index contributed by atoms with van der Waals surface area (Å²) in [5.74, 6) is -0.863. The lowest BCUT2D eigenvalue weighted by atomic mass is 9.98. The SMILES string of the molecule is CC(C)C(=O)C(=Cc1ccccc1)C(=O)Nc1ccc(COC2CCCCO2)cc1. The van der Waals surface area contributed by atoms with Crippen molar-refractivity contribution in [1.82, 2.24) is 0 Å². The molecule has 0 bridgehead atoms. The Labute approximate surface area is 178 Å². The molecule has 0 spiro atoms. The Balaban J connectivity index is 1.64. The molecular formula is C25H29NO4. The molecule has 1 unspecified atom stereocenters. The minimum atomic E-state index is -0.405. The number of hydrogen-bond acceptors (Lipinski definition) is 4. The summed E-state index contributed by atoms with van der Waals surface area (Å²) in [4.78, 5) is 25.4. The number of anilines is 1. The minimum Gasteiger partial charge on any atom is -0.353 e. The highest BCUT2D eigenvalue weighted by Gasteiger charge is 2.21. The predicted molar refractivity (Wildman–Crippen MR) is 118 cm³/mol. The number of hydrogen-bond donors (Lipinski definition) is 1. The van der Waals surface area contributed by atoms with Crippen LogP contribution in [0.1, 0.15) is 44.2 Å². The number of ketones is 1. The molecule has 1 fully saturated rings. The third kappa shape index (κ3) is 6.37. The van der Waals surface area contributed by atoms with Gasteiger partial charge < -0.3 is 14.8 Å². The van der Waals surface area contributed by atoms with Crippen LogP contribution in [0.25, 0.3) is 6.08 Å². The average molecular weight is 408 g/mol. The molecule has 1 amide bonds. The molecule has 0 aromatic heterocycles. The maximum absolute atomic E-state index is 12.8. The van der Waals surface area contributed by atoms with E-state index in [1.54, 1.807) is 19.9 Å². The highest BCUT2D eigenvalue weighted by molar-refractivity contribution is 6.26. The van der Waals surface area contributed by atoms with Gasteiger partial charge in [0.25, 0.3) is 5.91 Å². The van der Waals surface area contributed by atoms with Gasteiger partial charge in [-0.15, -0.1) is 0 Å². The minimum absolute atomic E-state index is 0.133. The van der Waals surface area contributed by atoms with Gasteiger partial charge in [0.1, 0.15) is 0 Å². The maximum atomic E-state index is 12.8. The van der Waals surface area contributed by atoms with Gasteiger partial charge in [0.05, 0.1) is 12.2 Å². The molecule has 158 valence electrons. The number of amides is 1. The smallest absolute Gasteiger partial charge is 0.259 e. The summed E-state index contributed by atoms with van der Waals surface area (Å²) in [6.45, 7) is 4.80. The van der Waals surface area contributed by atoms with E-state index in [9.17, 15) is 9.59 Å². The van der Waals surface area contributed by atoms with Gasteiger partial charge in [0.15, 0.2) is 12.1 Å². The maximum Gasteiger partial charge on any atom is 0.259 e. The number of carbonyl (C=O) groups is 2. The first-order chi connectivity index (χ1) is 14.5. The summed E-state index contributed by atoms with van der Waals surface area (Å²) < 4.78 is 11.4. The lowest BCUT2D eigenvalue weighted by Gasteiger charge is -2.22. The molecule has 30 heavy (non-hydrogen) atoms. The van der Waals surface area contributed by atoms with Crippen molar-refractivity contribution in [2.45, 2.75) is 46.0 Å². The highest BCUT2D eigenvalue weighted by Crippen LogP contribution is 2.18. The van der Waals surface area contributed by atoms with Gasteiger partial charge in [-0.05, 0) is 48.6 Å². The fourth-order valence-electron chi connectivity index (χ4n) is 3.19. The van der Waals surface area contributed by atoms with E-state index in [-0.39, 0.29) is 23.6 Å². The molecule has 3 rings (SSSR count). The van der Waals surface area contributed by atoms with Crippen LogP contribution in [0.5, 0.6) is 0 Å². The molecule has 1 aliphatic rings. The summed E-state index contributed by atoms with van der Waals surface area (Å²) >= 11 is 0. The van der Waals surface area contributed by atoms with Crippen LogP contribution in [0.3, 0.4) is 0 Å². The van der Waals surface area contributed by atoms with E-state index in [0.29, 0.717) is 12.3 Å².